The highest BCUT2D eigenvalue weighted by Crippen LogP contribution is 2.36. The largest absolute Gasteiger partial charge is 0.487 e. The van der Waals surface area contributed by atoms with Gasteiger partial charge in [-0.2, -0.15) is 10.2 Å². The Labute approximate surface area is 224 Å². The number of nitrogens with zero attached hydrogens (tertiary/aromatic N) is 7. The second-order valence-corrected chi connectivity index (χ2v) is 10.8. The molecule has 2 aliphatic rings. The second-order valence-electron chi connectivity index (χ2n) is 10.8. The number of ether oxygens (including phenoxy) is 1. The summed E-state index contributed by atoms with van der Waals surface area (Å²) in [5, 5.41) is 13.7. The molecule has 0 radical (unpaired) electrons. The van der Waals surface area contributed by atoms with Gasteiger partial charge in [-0.15, -0.1) is 0 Å². The molecular formula is C29H38N8O. The monoisotopic (exact) mass is 514 g/mol. The molecule has 1 saturated heterocycles. The van der Waals surface area contributed by atoms with E-state index < -0.39 is 0 Å². The molecule has 0 spiro atoms. The maximum Gasteiger partial charge on any atom is 0.157 e. The van der Waals surface area contributed by atoms with Crippen LogP contribution in [0.2, 0.25) is 0 Å². The Balaban J connectivity index is 1.21. The number of aryl methyl sites for hydroxylation is 1. The number of piperazine rings is 1. The molecule has 4 heterocycles. The first-order valence-electron chi connectivity index (χ1n) is 13.8. The molecule has 9 heteroatoms. The van der Waals surface area contributed by atoms with Crippen LogP contribution in [0.5, 0.6) is 5.75 Å². The van der Waals surface area contributed by atoms with Gasteiger partial charge in [-0.05, 0) is 38.3 Å². The summed E-state index contributed by atoms with van der Waals surface area (Å²) in [4.78, 5) is 9.56. The summed E-state index contributed by atoms with van der Waals surface area (Å²) in [7, 11) is 6.03. The van der Waals surface area contributed by atoms with Crippen LogP contribution in [0, 0.1) is 0 Å². The first kappa shape index (κ1) is 24.9. The Kier molecular flexibility index (Phi) is 7.04. The third-order valence-corrected chi connectivity index (χ3v) is 8.05. The lowest BCUT2D eigenvalue weighted by molar-refractivity contribution is 0.131. The van der Waals surface area contributed by atoms with Crippen LogP contribution in [-0.2, 0) is 13.6 Å². The van der Waals surface area contributed by atoms with Crippen molar-refractivity contribution in [3.05, 3.63) is 54.5 Å². The Bertz CT molecular complexity index is 1360. The van der Waals surface area contributed by atoms with Crippen molar-refractivity contribution in [3.8, 4) is 17.0 Å². The Morgan fingerprint density at radius 2 is 1.74 bits per heavy atom. The molecular weight excluding hydrogens is 476 g/mol. The quantitative estimate of drug-likeness (QED) is 0.396. The zero-order valence-electron chi connectivity index (χ0n) is 22.7. The molecule has 1 aromatic carbocycles. The molecule has 1 N–H and O–H groups in total. The average Bonchev–Trinajstić information content (AvgIpc) is 3.53. The summed E-state index contributed by atoms with van der Waals surface area (Å²) in [5.41, 5.74) is 4.64. The zero-order valence-corrected chi connectivity index (χ0v) is 22.7. The number of rotatable bonds is 7. The van der Waals surface area contributed by atoms with E-state index in [1.807, 2.05) is 26.5 Å². The van der Waals surface area contributed by atoms with E-state index in [0.29, 0.717) is 6.04 Å². The van der Waals surface area contributed by atoms with Gasteiger partial charge in [0.2, 0.25) is 0 Å². The van der Waals surface area contributed by atoms with E-state index in [2.05, 4.69) is 67.3 Å². The molecule has 200 valence electrons. The van der Waals surface area contributed by atoms with Crippen LogP contribution in [0.1, 0.15) is 37.3 Å². The summed E-state index contributed by atoms with van der Waals surface area (Å²) in [6, 6.07) is 11.4. The molecule has 2 fully saturated rings. The standard InChI is InChI=1S/C29H38N8O/c1-30-28-16-27-26(18-31-28)29(22-6-4-21(5-7-22)19-36-14-12-34(2)13-15-36)33-37(27)23-8-10-24(11-9-23)38-25-17-32-35(3)20-25/h4-7,16-18,20,23-24H,8-15,19H2,1-3H3,(H,30,31)/t23-,24+. The lowest BCUT2D eigenvalue weighted by atomic mass is 9.93. The van der Waals surface area contributed by atoms with Crippen molar-refractivity contribution in [2.24, 2.45) is 7.05 Å². The number of fused-ring (bicyclic) bond motifs is 1. The molecule has 3 aromatic heterocycles. The summed E-state index contributed by atoms with van der Waals surface area (Å²) < 4.78 is 10.2. The summed E-state index contributed by atoms with van der Waals surface area (Å²) >= 11 is 0. The van der Waals surface area contributed by atoms with E-state index in [1.54, 1.807) is 10.9 Å². The van der Waals surface area contributed by atoms with Gasteiger partial charge < -0.3 is 15.0 Å². The van der Waals surface area contributed by atoms with Crippen molar-refractivity contribution in [1.29, 1.82) is 0 Å². The van der Waals surface area contributed by atoms with Gasteiger partial charge in [-0.25, -0.2) is 4.98 Å². The van der Waals surface area contributed by atoms with E-state index in [9.17, 15) is 0 Å². The molecule has 38 heavy (non-hydrogen) atoms. The predicted octanol–water partition coefficient (Wildman–Crippen LogP) is 4.18. The predicted molar refractivity (Wildman–Crippen MR) is 150 cm³/mol. The van der Waals surface area contributed by atoms with Gasteiger partial charge in [0.05, 0.1) is 30.1 Å². The van der Waals surface area contributed by atoms with E-state index >= 15 is 0 Å². The number of nitrogens with one attached hydrogen (secondary N) is 1. The summed E-state index contributed by atoms with van der Waals surface area (Å²) in [6.07, 6.45) is 9.98. The second kappa shape index (κ2) is 10.7. The minimum absolute atomic E-state index is 0.221. The van der Waals surface area contributed by atoms with E-state index in [4.69, 9.17) is 9.84 Å². The van der Waals surface area contributed by atoms with Crippen molar-refractivity contribution >= 4 is 16.7 Å². The lowest BCUT2D eigenvalue weighted by Crippen LogP contribution is -2.43. The van der Waals surface area contributed by atoms with Crippen molar-refractivity contribution in [1.82, 2.24) is 34.3 Å². The van der Waals surface area contributed by atoms with Crippen LogP contribution < -0.4 is 10.1 Å². The number of pyridine rings is 1. The first-order chi connectivity index (χ1) is 18.6. The normalized spacial score (nSPS) is 21.1. The van der Waals surface area contributed by atoms with Gasteiger partial charge in [0.1, 0.15) is 11.5 Å². The molecule has 1 aliphatic carbocycles. The minimum atomic E-state index is 0.221. The fourth-order valence-corrected chi connectivity index (χ4v) is 5.75. The van der Waals surface area contributed by atoms with Gasteiger partial charge >= 0.3 is 0 Å². The molecule has 6 rings (SSSR count). The molecule has 4 aromatic rings. The fourth-order valence-electron chi connectivity index (χ4n) is 5.75. The number of likely N-dealkylation sites (N-methyl/N-ethyl adjacent to an activating group) is 1. The Morgan fingerprint density at radius 3 is 2.42 bits per heavy atom. The van der Waals surface area contributed by atoms with Crippen molar-refractivity contribution in [3.63, 3.8) is 0 Å². The first-order valence-corrected chi connectivity index (χ1v) is 13.8. The molecule has 0 amide bonds. The number of hydrogen-bond acceptors (Lipinski definition) is 7. The average molecular weight is 515 g/mol. The van der Waals surface area contributed by atoms with E-state index in [0.717, 1.165) is 92.1 Å². The maximum atomic E-state index is 6.19. The highest BCUT2D eigenvalue weighted by atomic mass is 16.5. The number of anilines is 1. The molecule has 1 aliphatic heterocycles. The Hall–Kier alpha value is -3.43. The highest BCUT2D eigenvalue weighted by Gasteiger charge is 2.27. The minimum Gasteiger partial charge on any atom is -0.487 e. The van der Waals surface area contributed by atoms with Crippen LogP contribution in [-0.4, -0.2) is 80.7 Å². The third kappa shape index (κ3) is 5.26. The maximum absolute atomic E-state index is 6.19. The smallest absolute Gasteiger partial charge is 0.157 e. The van der Waals surface area contributed by atoms with Crippen LogP contribution >= 0.6 is 0 Å². The number of aromatic nitrogens is 5. The van der Waals surface area contributed by atoms with Crippen LogP contribution in [0.25, 0.3) is 22.2 Å². The third-order valence-electron chi connectivity index (χ3n) is 8.05. The topological polar surface area (TPSA) is 76.3 Å². The van der Waals surface area contributed by atoms with Gasteiger partial charge in [0, 0.05) is 70.0 Å². The van der Waals surface area contributed by atoms with Crippen molar-refractivity contribution in [2.75, 3.05) is 45.6 Å². The van der Waals surface area contributed by atoms with Crippen molar-refractivity contribution in [2.45, 2.75) is 44.4 Å². The molecule has 9 nitrogen and oxygen atoms in total. The van der Waals surface area contributed by atoms with Gasteiger partial charge in [0.25, 0.3) is 0 Å². The van der Waals surface area contributed by atoms with Crippen LogP contribution in [0.4, 0.5) is 5.82 Å². The van der Waals surface area contributed by atoms with Crippen molar-refractivity contribution < 1.29 is 4.74 Å². The lowest BCUT2D eigenvalue weighted by Gasteiger charge is -2.32. The molecule has 1 saturated carbocycles. The van der Waals surface area contributed by atoms with E-state index in [1.165, 1.54) is 5.56 Å². The van der Waals surface area contributed by atoms with Crippen LogP contribution in [0.15, 0.2) is 48.9 Å². The van der Waals surface area contributed by atoms with E-state index in [-0.39, 0.29) is 6.10 Å². The zero-order chi connectivity index (χ0) is 26.1. The number of benzene rings is 1. The van der Waals surface area contributed by atoms with Gasteiger partial charge in [0.15, 0.2) is 5.75 Å². The van der Waals surface area contributed by atoms with Crippen LogP contribution in [0.3, 0.4) is 0 Å². The fraction of sp³-hybridized carbons (Fsp3) is 0.483. The summed E-state index contributed by atoms with van der Waals surface area (Å²) in [6.45, 7) is 5.53. The Morgan fingerprint density at radius 1 is 0.974 bits per heavy atom. The molecule has 0 unspecified atom stereocenters. The van der Waals surface area contributed by atoms with Gasteiger partial charge in [-0.1, -0.05) is 24.3 Å². The molecule has 0 atom stereocenters. The SMILES string of the molecule is CNc1cc2c(cn1)c(-c1ccc(CN3CCN(C)CC3)cc1)nn2[C@H]1CC[C@@H](Oc2cnn(C)c2)CC1. The van der Waals surface area contributed by atoms with Gasteiger partial charge in [-0.3, -0.25) is 14.3 Å². The number of hydrogen-bond donors (Lipinski definition) is 1. The molecule has 0 bridgehead atoms. The highest BCUT2D eigenvalue weighted by molar-refractivity contribution is 5.94. The summed E-state index contributed by atoms with van der Waals surface area (Å²) in [5.74, 6) is 1.71.